The van der Waals surface area contributed by atoms with E-state index in [9.17, 15) is 8.42 Å². The van der Waals surface area contributed by atoms with Crippen molar-refractivity contribution in [2.24, 2.45) is 0 Å². The topological polar surface area (TPSA) is 43.4 Å². The summed E-state index contributed by atoms with van der Waals surface area (Å²) in [5.74, 6) is 0.277. The van der Waals surface area contributed by atoms with Crippen LogP contribution in [0.3, 0.4) is 0 Å². The van der Waals surface area contributed by atoms with Crippen LogP contribution in [0, 0.1) is 6.92 Å². The fourth-order valence-electron chi connectivity index (χ4n) is 2.15. The highest BCUT2D eigenvalue weighted by molar-refractivity contribution is 9.10. The molecule has 0 fully saturated rings. The van der Waals surface area contributed by atoms with Crippen molar-refractivity contribution in [1.29, 1.82) is 0 Å². The van der Waals surface area contributed by atoms with Crippen molar-refractivity contribution in [2.75, 3.05) is 0 Å². The molecule has 0 aromatic heterocycles. The summed E-state index contributed by atoms with van der Waals surface area (Å²) in [4.78, 5) is 0.137. The molecule has 3 aromatic rings. The molecule has 0 spiro atoms. The lowest BCUT2D eigenvalue weighted by Crippen LogP contribution is -2.10. The highest BCUT2D eigenvalue weighted by Crippen LogP contribution is 2.34. The molecule has 22 heavy (non-hydrogen) atoms. The van der Waals surface area contributed by atoms with Crippen molar-refractivity contribution in [1.82, 2.24) is 0 Å². The van der Waals surface area contributed by atoms with Crippen LogP contribution in [0.4, 0.5) is 0 Å². The van der Waals surface area contributed by atoms with Crippen molar-refractivity contribution in [2.45, 2.75) is 11.8 Å². The Bertz CT molecular complexity index is 932. The molecule has 112 valence electrons. The molecule has 0 aliphatic heterocycles. The summed E-state index contributed by atoms with van der Waals surface area (Å²) in [5, 5.41) is 1.91. The lowest BCUT2D eigenvalue weighted by molar-refractivity contribution is 0.485. The molecule has 3 rings (SSSR count). The zero-order valence-corrected chi connectivity index (χ0v) is 14.2. The normalized spacial score (nSPS) is 11.5. The van der Waals surface area contributed by atoms with Gasteiger partial charge in [-0.05, 0) is 51.8 Å². The van der Waals surface area contributed by atoms with Gasteiger partial charge in [-0.1, -0.05) is 48.0 Å². The van der Waals surface area contributed by atoms with Gasteiger partial charge in [0, 0.05) is 0 Å². The van der Waals surface area contributed by atoms with Gasteiger partial charge in [0.05, 0.1) is 4.47 Å². The monoisotopic (exact) mass is 376 g/mol. The van der Waals surface area contributed by atoms with E-state index in [0.29, 0.717) is 4.47 Å². The van der Waals surface area contributed by atoms with Crippen molar-refractivity contribution in [3.63, 3.8) is 0 Å². The van der Waals surface area contributed by atoms with Crippen LogP contribution < -0.4 is 4.18 Å². The van der Waals surface area contributed by atoms with E-state index in [1.165, 1.54) is 0 Å². The Hall–Kier alpha value is -1.85. The van der Waals surface area contributed by atoms with Crippen LogP contribution in [-0.2, 0) is 10.1 Å². The second-order valence-electron chi connectivity index (χ2n) is 4.95. The number of hydrogen-bond donors (Lipinski definition) is 0. The quantitative estimate of drug-likeness (QED) is 0.623. The van der Waals surface area contributed by atoms with Crippen molar-refractivity contribution < 1.29 is 12.6 Å². The minimum atomic E-state index is -3.85. The second kappa shape index (κ2) is 5.74. The third kappa shape index (κ3) is 2.87. The summed E-state index contributed by atoms with van der Waals surface area (Å²) in [6, 6.07) is 17.7. The van der Waals surface area contributed by atoms with Crippen LogP contribution >= 0.6 is 15.9 Å². The molecule has 0 saturated heterocycles. The number of benzene rings is 3. The van der Waals surface area contributed by atoms with E-state index in [-0.39, 0.29) is 10.6 Å². The summed E-state index contributed by atoms with van der Waals surface area (Å²) in [7, 11) is -3.85. The highest BCUT2D eigenvalue weighted by atomic mass is 79.9. The van der Waals surface area contributed by atoms with E-state index in [2.05, 4.69) is 15.9 Å². The smallest absolute Gasteiger partial charge is 0.339 e. The maximum atomic E-state index is 12.4. The van der Waals surface area contributed by atoms with Crippen LogP contribution in [0.5, 0.6) is 5.75 Å². The highest BCUT2D eigenvalue weighted by Gasteiger charge is 2.18. The first-order valence-corrected chi connectivity index (χ1v) is 8.86. The SMILES string of the molecule is Cc1ccc(S(=O)(=O)Oc2ccc3ccccc3c2Br)cc1. The third-order valence-corrected chi connectivity index (χ3v) is 5.40. The summed E-state index contributed by atoms with van der Waals surface area (Å²) in [5.41, 5.74) is 0.992. The van der Waals surface area contributed by atoms with Gasteiger partial charge in [0.2, 0.25) is 0 Å². The first kappa shape index (κ1) is 15.1. The molecule has 0 aliphatic rings. The fourth-order valence-corrected chi connectivity index (χ4v) is 3.77. The fraction of sp³-hybridized carbons (Fsp3) is 0.0588. The van der Waals surface area contributed by atoms with Gasteiger partial charge in [0.15, 0.2) is 5.75 Å². The van der Waals surface area contributed by atoms with Crippen LogP contribution in [0.25, 0.3) is 10.8 Å². The number of hydrogen-bond acceptors (Lipinski definition) is 3. The summed E-state index contributed by atoms with van der Waals surface area (Å²) < 4.78 is 30.6. The number of halogens is 1. The molecule has 0 N–H and O–H groups in total. The third-order valence-electron chi connectivity index (χ3n) is 3.34. The molecule has 0 heterocycles. The van der Waals surface area contributed by atoms with Gasteiger partial charge in [0.25, 0.3) is 0 Å². The first-order chi connectivity index (χ1) is 10.5. The maximum Gasteiger partial charge on any atom is 0.339 e. The number of aryl methyl sites for hydroxylation is 1. The molecule has 0 atom stereocenters. The Morgan fingerprint density at radius 2 is 1.59 bits per heavy atom. The largest absolute Gasteiger partial charge is 0.378 e. The zero-order valence-electron chi connectivity index (χ0n) is 11.8. The Labute approximate surface area is 137 Å². The molecular weight excluding hydrogens is 364 g/mol. The van der Waals surface area contributed by atoms with Crippen LogP contribution in [0.1, 0.15) is 5.56 Å². The summed E-state index contributed by atoms with van der Waals surface area (Å²) in [6.07, 6.45) is 0. The van der Waals surface area contributed by atoms with Gasteiger partial charge in [-0.15, -0.1) is 0 Å². The minimum absolute atomic E-state index is 0.137. The van der Waals surface area contributed by atoms with Crippen LogP contribution in [0.2, 0.25) is 0 Å². The molecule has 5 heteroatoms. The average molecular weight is 377 g/mol. The maximum absolute atomic E-state index is 12.4. The number of rotatable bonds is 3. The first-order valence-electron chi connectivity index (χ1n) is 6.66. The predicted molar refractivity (Wildman–Crippen MR) is 90.6 cm³/mol. The zero-order chi connectivity index (χ0) is 15.7. The summed E-state index contributed by atoms with van der Waals surface area (Å²) in [6.45, 7) is 1.90. The van der Waals surface area contributed by atoms with E-state index in [1.807, 2.05) is 37.3 Å². The molecule has 0 amide bonds. The molecular formula is C17H13BrO3S. The molecule has 0 bridgehead atoms. The van der Waals surface area contributed by atoms with E-state index in [4.69, 9.17) is 4.18 Å². The Kier molecular flexibility index (Phi) is 3.93. The Morgan fingerprint density at radius 3 is 2.32 bits per heavy atom. The lowest BCUT2D eigenvalue weighted by Gasteiger charge is -2.10. The van der Waals surface area contributed by atoms with E-state index in [0.717, 1.165) is 16.3 Å². The number of fused-ring (bicyclic) bond motifs is 1. The van der Waals surface area contributed by atoms with Crippen LogP contribution in [0.15, 0.2) is 70.0 Å². The molecule has 0 saturated carbocycles. The Balaban J connectivity index is 2.02. The van der Waals surface area contributed by atoms with Crippen molar-refractivity contribution >= 4 is 36.8 Å². The molecule has 0 aliphatic carbocycles. The van der Waals surface area contributed by atoms with Gasteiger partial charge >= 0.3 is 10.1 Å². The van der Waals surface area contributed by atoms with Gasteiger partial charge in [0.1, 0.15) is 4.90 Å². The standard InChI is InChI=1S/C17H13BrO3S/c1-12-6-9-14(10-7-12)22(19,20)21-16-11-8-13-4-2-3-5-15(13)17(16)18/h2-11H,1H3. The minimum Gasteiger partial charge on any atom is -0.378 e. The van der Waals surface area contributed by atoms with Gasteiger partial charge in [-0.3, -0.25) is 0 Å². The van der Waals surface area contributed by atoms with Gasteiger partial charge in [-0.25, -0.2) is 0 Å². The lowest BCUT2D eigenvalue weighted by atomic mass is 10.1. The van der Waals surface area contributed by atoms with Crippen LogP contribution in [-0.4, -0.2) is 8.42 Å². The van der Waals surface area contributed by atoms with Crippen molar-refractivity contribution in [3.05, 3.63) is 70.7 Å². The predicted octanol–water partition coefficient (Wildman–Crippen LogP) is 4.68. The average Bonchev–Trinajstić information content (AvgIpc) is 2.51. The van der Waals surface area contributed by atoms with E-state index >= 15 is 0 Å². The second-order valence-corrected chi connectivity index (χ2v) is 7.29. The Morgan fingerprint density at radius 1 is 0.909 bits per heavy atom. The molecule has 0 unspecified atom stereocenters. The van der Waals surface area contributed by atoms with E-state index < -0.39 is 10.1 Å². The van der Waals surface area contributed by atoms with Gasteiger partial charge in [-0.2, -0.15) is 8.42 Å². The molecule has 3 nitrogen and oxygen atoms in total. The van der Waals surface area contributed by atoms with E-state index in [1.54, 1.807) is 30.3 Å². The molecule has 3 aromatic carbocycles. The molecule has 0 radical (unpaired) electrons. The van der Waals surface area contributed by atoms with Gasteiger partial charge < -0.3 is 4.18 Å². The summed E-state index contributed by atoms with van der Waals surface area (Å²) >= 11 is 3.43. The van der Waals surface area contributed by atoms with Crippen molar-refractivity contribution in [3.8, 4) is 5.75 Å².